The lowest BCUT2D eigenvalue weighted by Gasteiger charge is -2.45. The van der Waals surface area contributed by atoms with Gasteiger partial charge < -0.3 is 4.98 Å². The van der Waals surface area contributed by atoms with Gasteiger partial charge in [-0.2, -0.15) is 10.2 Å². The van der Waals surface area contributed by atoms with E-state index in [0.717, 1.165) is 50.7 Å². The summed E-state index contributed by atoms with van der Waals surface area (Å²) < 4.78 is 17.6. The smallest absolute Gasteiger partial charge is 0.137 e. The monoisotopic (exact) mass is 466 g/mol. The Labute approximate surface area is 202 Å². The Morgan fingerprint density at radius 3 is 2.66 bits per heavy atom. The van der Waals surface area contributed by atoms with Crippen molar-refractivity contribution in [1.82, 2.24) is 29.5 Å². The van der Waals surface area contributed by atoms with Gasteiger partial charge in [0.2, 0.25) is 0 Å². The van der Waals surface area contributed by atoms with Crippen molar-refractivity contribution in [2.45, 2.75) is 44.7 Å². The molecule has 2 unspecified atom stereocenters. The zero-order valence-electron chi connectivity index (χ0n) is 19.4. The summed E-state index contributed by atoms with van der Waals surface area (Å²) in [6.45, 7) is 0.520. The molecule has 6 nitrogen and oxygen atoms in total. The van der Waals surface area contributed by atoms with Crippen LogP contribution in [0.1, 0.15) is 43.7 Å². The van der Waals surface area contributed by atoms with E-state index in [1.165, 1.54) is 38.2 Å². The molecule has 2 saturated carbocycles. The third kappa shape index (κ3) is 3.66. The van der Waals surface area contributed by atoms with Crippen molar-refractivity contribution >= 4 is 11.0 Å². The van der Waals surface area contributed by atoms with Crippen LogP contribution in [0.25, 0.3) is 33.3 Å². The largest absolute Gasteiger partial charge is 0.346 e. The highest BCUT2D eigenvalue weighted by molar-refractivity contribution is 5.95. The van der Waals surface area contributed by atoms with Gasteiger partial charge in [-0.05, 0) is 48.4 Å². The Balaban J connectivity index is 1.15. The van der Waals surface area contributed by atoms with E-state index >= 15 is 0 Å². The van der Waals surface area contributed by atoms with Gasteiger partial charge in [-0.25, -0.2) is 9.37 Å². The van der Waals surface area contributed by atoms with Crippen molar-refractivity contribution in [2.75, 3.05) is 0 Å². The number of nitrogens with one attached hydrogen (secondary N) is 1. The predicted molar refractivity (Wildman–Crippen MR) is 133 cm³/mol. The Bertz CT molecular complexity index is 1510. The van der Waals surface area contributed by atoms with Gasteiger partial charge >= 0.3 is 0 Å². The minimum atomic E-state index is -0.232. The summed E-state index contributed by atoms with van der Waals surface area (Å²) in [7, 11) is 0. The van der Waals surface area contributed by atoms with Gasteiger partial charge in [0.15, 0.2) is 0 Å². The Morgan fingerprint density at radius 2 is 1.86 bits per heavy atom. The molecule has 1 aromatic carbocycles. The minimum Gasteiger partial charge on any atom is -0.346 e. The summed E-state index contributed by atoms with van der Waals surface area (Å²) in [5.41, 5.74) is 5.95. The fourth-order valence-electron chi connectivity index (χ4n) is 5.73. The number of hydrogen-bond acceptors (Lipinski definition) is 3. The van der Waals surface area contributed by atoms with E-state index < -0.39 is 0 Å². The second-order valence-corrected chi connectivity index (χ2v) is 10.1. The molecule has 0 amide bonds. The molecule has 7 heteroatoms. The number of H-pyrrole nitrogens is 1. The molecule has 0 radical (unpaired) electrons. The number of hydrogen-bond donors (Lipinski definition) is 1. The highest BCUT2D eigenvalue weighted by Gasteiger charge is 2.40. The van der Waals surface area contributed by atoms with Crippen molar-refractivity contribution in [3.8, 4) is 22.3 Å². The summed E-state index contributed by atoms with van der Waals surface area (Å²) in [4.78, 5) is 7.97. The van der Waals surface area contributed by atoms with E-state index in [1.807, 2.05) is 41.7 Å². The van der Waals surface area contributed by atoms with Gasteiger partial charge in [-0.15, -0.1) is 0 Å². The molecule has 0 bridgehead atoms. The fraction of sp³-hybridized carbons (Fsp3) is 0.321. The molecular weight excluding hydrogens is 439 g/mol. The van der Waals surface area contributed by atoms with E-state index in [0.29, 0.717) is 12.6 Å². The number of halogens is 1. The maximum atomic E-state index is 13.5. The Morgan fingerprint density at radius 1 is 0.943 bits per heavy atom. The average molecular weight is 467 g/mol. The molecule has 4 heterocycles. The van der Waals surface area contributed by atoms with E-state index in [2.05, 4.69) is 32.0 Å². The maximum Gasteiger partial charge on any atom is 0.137 e. The van der Waals surface area contributed by atoms with E-state index in [-0.39, 0.29) is 5.82 Å². The molecule has 2 fully saturated rings. The lowest BCUT2D eigenvalue weighted by atomic mass is 9.64. The summed E-state index contributed by atoms with van der Waals surface area (Å²) >= 11 is 0. The number of pyridine rings is 1. The first-order valence-electron chi connectivity index (χ1n) is 12.5. The van der Waals surface area contributed by atoms with Crippen LogP contribution in [-0.4, -0.2) is 29.5 Å². The van der Waals surface area contributed by atoms with Crippen LogP contribution >= 0.6 is 0 Å². The van der Waals surface area contributed by atoms with Crippen LogP contribution in [0.3, 0.4) is 0 Å². The van der Waals surface area contributed by atoms with Crippen LogP contribution < -0.4 is 0 Å². The van der Waals surface area contributed by atoms with Crippen molar-refractivity contribution in [1.29, 1.82) is 0 Å². The predicted octanol–water partition coefficient (Wildman–Crippen LogP) is 6.23. The molecule has 2 aliphatic carbocycles. The van der Waals surface area contributed by atoms with Crippen LogP contribution in [0.4, 0.5) is 4.39 Å². The third-order valence-corrected chi connectivity index (χ3v) is 8.03. The molecule has 0 aliphatic heterocycles. The summed E-state index contributed by atoms with van der Waals surface area (Å²) in [5, 5.41) is 10.3. The number of nitrogens with zero attached hydrogens (tertiary/aromatic N) is 5. The number of rotatable bonds is 6. The molecule has 0 saturated heterocycles. The number of benzene rings is 1. The van der Waals surface area contributed by atoms with Crippen molar-refractivity contribution in [3.63, 3.8) is 0 Å². The molecule has 176 valence electrons. The average Bonchev–Trinajstić information content (AvgIpc) is 3.55. The molecule has 0 spiro atoms. The Hall–Kier alpha value is -3.74. The van der Waals surface area contributed by atoms with Crippen LogP contribution in [0.5, 0.6) is 0 Å². The quantitative estimate of drug-likeness (QED) is 0.323. The minimum absolute atomic E-state index is 0.232. The topological polar surface area (TPSA) is 64.3 Å². The SMILES string of the molecule is Fc1cccc(Cn2cc(-c3c[nH]c4ncc(-c5cnn(C6CCC6C6CCC6)c5)cc34)cn2)c1. The van der Waals surface area contributed by atoms with Gasteiger partial charge in [-0.1, -0.05) is 31.4 Å². The molecule has 35 heavy (non-hydrogen) atoms. The second-order valence-electron chi connectivity index (χ2n) is 10.1. The first-order chi connectivity index (χ1) is 17.2. The molecule has 2 aliphatic rings. The molecule has 7 rings (SSSR count). The molecule has 4 aromatic heterocycles. The summed E-state index contributed by atoms with van der Waals surface area (Å²) in [5.74, 6) is 1.48. The van der Waals surface area contributed by atoms with Crippen LogP contribution in [-0.2, 0) is 6.54 Å². The molecule has 1 N–H and O–H groups in total. The van der Waals surface area contributed by atoms with E-state index in [1.54, 1.807) is 12.1 Å². The zero-order valence-corrected chi connectivity index (χ0v) is 19.4. The lowest BCUT2D eigenvalue weighted by molar-refractivity contribution is 0.0560. The fourth-order valence-corrected chi connectivity index (χ4v) is 5.73. The van der Waals surface area contributed by atoms with Gasteiger partial charge in [0.25, 0.3) is 0 Å². The summed E-state index contributed by atoms with van der Waals surface area (Å²) in [6, 6.07) is 9.37. The molecule has 2 atom stereocenters. The number of aromatic amines is 1. The molecular formula is C28H27FN6. The Kier molecular flexibility index (Phi) is 4.82. The maximum absolute atomic E-state index is 13.5. The van der Waals surface area contributed by atoms with Gasteiger partial charge in [-0.3, -0.25) is 9.36 Å². The van der Waals surface area contributed by atoms with E-state index in [9.17, 15) is 4.39 Å². The van der Waals surface area contributed by atoms with Crippen LogP contribution in [0.15, 0.2) is 67.5 Å². The lowest BCUT2D eigenvalue weighted by Crippen LogP contribution is -2.37. The molecule has 5 aromatic rings. The normalized spacial score (nSPS) is 20.1. The highest BCUT2D eigenvalue weighted by atomic mass is 19.1. The third-order valence-electron chi connectivity index (χ3n) is 8.03. The first-order valence-corrected chi connectivity index (χ1v) is 12.5. The number of fused-ring (bicyclic) bond motifs is 1. The van der Waals surface area contributed by atoms with Crippen LogP contribution in [0, 0.1) is 17.7 Å². The van der Waals surface area contributed by atoms with Gasteiger partial charge in [0, 0.05) is 52.4 Å². The summed E-state index contributed by atoms with van der Waals surface area (Å²) in [6.07, 6.45) is 18.7. The second kappa shape index (κ2) is 8.18. The van der Waals surface area contributed by atoms with E-state index in [4.69, 9.17) is 5.10 Å². The van der Waals surface area contributed by atoms with Gasteiger partial charge in [0.05, 0.1) is 25.0 Å². The standard InChI is InChI=1S/C28H27FN6/c29-23-6-1-3-18(9-23)15-34-16-22(13-32-34)26-14-31-28-25(26)10-20(11-30-28)21-12-33-35(17-21)27-8-7-24(27)19-4-2-5-19/h1,3,6,9-14,16-17,19,24,27H,2,4-5,7-8,15H2,(H,30,31). The van der Waals surface area contributed by atoms with Crippen molar-refractivity contribution in [2.24, 2.45) is 11.8 Å². The van der Waals surface area contributed by atoms with Crippen molar-refractivity contribution in [3.05, 3.63) is 78.9 Å². The van der Waals surface area contributed by atoms with Crippen LogP contribution in [0.2, 0.25) is 0 Å². The van der Waals surface area contributed by atoms with Gasteiger partial charge in [0.1, 0.15) is 11.5 Å². The number of aromatic nitrogens is 6. The zero-order chi connectivity index (χ0) is 23.4. The van der Waals surface area contributed by atoms with Crippen molar-refractivity contribution < 1.29 is 4.39 Å². The first kappa shape index (κ1) is 20.6. The highest BCUT2D eigenvalue weighted by Crippen LogP contribution is 2.50.